The van der Waals surface area contributed by atoms with Gasteiger partial charge in [-0.2, -0.15) is 0 Å². The number of carbonyl (C=O) groups is 1. The molecule has 0 aliphatic carbocycles. The standard InChI is InChI=1S/C14H15N3O2/c1-9-6-10(2)8-11(7-9)15-14(18)12-4-5-13(19-3)17-16-12/h4-8H,1-3H3,(H,15,18). The summed E-state index contributed by atoms with van der Waals surface area (Å²) in [5, 5.41) is 10.4. The number of benzene rings is 1. The van der Waals surface area contributed by atoms with Crippen molar-refractivity contribution >= 4 is 11.6 Å². The van der Waals surface area contributed by atoms with Crippen molar-refractivity contribution in [2.75, 3.05) is 12.4 Å². The molecule has 2 rings (SSSR count). The SMILES string of the molecule is COc1ccc(C(=O)Nc2cc(C)cc(C)c2)nn1. The van der Waals surface area contributed by atoms with E-state index < -0.39 is 0 Å². The molecule has 19 heavy (non-hydrogen) atoms. The third-order valence-corrected chi connectivity index (χ3v) is 2.56. The molecule has 0 atom stereocenters. The summed E-state index contributed by atoms with van der Waals surface area (Å²) < 4.78 is 4.89. The van der Waals surface area contributed by atoms with Crippen LogP contribution in [-0.4, -0.2) is 23.2 Å². The van der Waals surface area contributed by atoms with Gasteiger partial charge in [0.25, 0.3) is 5.91 Å². The van der Waals surface area contributed by atoms with Crippen LogP contribution in [0.3, 0.4) is 0 Å². The zero-order valence-electron chi connectivity index (χ0n) is 11.1. The number of hydrogen-bond donors (Lipinski definition) is 1. The Hall–Kier alpha value is -2.43. The van der Waals surface area contributed by atoms with Gasteiger partial charge < -0.3 is 10.1 Å². The number of methoxy groups -OCH3 is 1. The highest BCUT2D eigenvalue weighted by Gasteiger charge is 2.09. The molecule has 5 nitrogen and oxygen atoms in total. The van der Waals surface area contributed by atoms with Crippen molar-refractivity contribution in [3.05, 3.63) is 47.2 Å². The first-order valence-corrected chi connectivity index (χ1v) is 5.86. The maximum absolute atomic E-state index is 12.0. The highest BCUT2D eigenvalue weighted by Crippen LogP contribution is 2.14. The Kier molecular flexibility index (Phi) is 3.75. The molecule has 2 aromatic rings. The molecular formula is C14H15N3O2. The van der Waals surface area contributed by atoms with Gasteiger partial charge in [-0.15, -0.1) is 10.2 Å². The molecule has 1 aromatic heterocycles. The maximum atomic E-state index is 12.0. The van der Waals surface area contributed by atoms with Gasteiger partial charge in [-0.1, -0.05) is 6.07 Å². The predicted molar refractivity (Wildman–Crippen MR) is 72.5 cm³/mol. The van der Waals surface area contributed by atoms with Gasteiger partial charge >= 0.3 is 0 Å². The van der Waals surface area contributed by atoms with E-state index in [4.69, 9.17) is 4.74 Å². The van der Waals surface area contributed by atoms with Crippen molar-refractivity contribution < 1.29 is 9.53 Å². The molecule has 0 saturated heterocycles. The van der Waals surface area contributed by atoms with Crippen LogP contribution in [0.2, 0.25) is 0 Å². The Morgan fingerprint density at radius 2 is 1.79 bits per heavy atom. The lowest BCUT2D eigenvalue weighted by molar-refractivity contribution is 0.102. The van der Waals surface area contributed by atoms with Crippen molar-refractivity contribution in [1.82, 2.24) is 10.2 Å². The third kappa shape index (κ3) is 3.28. The van der Waals surface area contributed by atoms with Gasteiger partial charge in [-0.05, 0) is 43.2 Å². The molecule has 1 amide bonds. The first-order chi connectivity index (χ1) is 9.08. The van der Waals surface area contributed by atoms with Crippen LogP contribution >= 0.6 is 0 Å². The third-order valence-electron chi connectivity index (χ3n) is 2.56. The molecule has 0 unspecified atom stereocenters. The summed E-state index contributed by atoms with van der Waals surface area (Å²) in [5.74, 6) is 0.0862. The molecule has 0 radical (unpaired) electrons. The highest BCUT2D eigenvalue weighted by molar-refractivity contribution is 6.02. The van der Waals surface area contributed by atoms with Crippen LogP contribution in [-0.2, 0) is 0 Å². The molecule has 0 aliphatic rings. The Morgan fingerprint density at radius 3 is 2.32 bits per heavy atom. The fraction of sp³-hybridized carbons (Fsp3) is 0.214. The first kappa shape index (κ1) is 13.0. The van der Waals surface area contributed by atoms with Crippen LogP contribution in [0.1, 0.15) is 21.6 Å². The van der Waals surface area contributed by atoms with E-state index in [-0.39, 0.29) is 11.6 Å². The second-order valence-corrected chi connectivity index (χ2v) is 4.29. The largest absolute Gasteiger partial charge is 0.480 e. The molecule has 0 spiro atoms. The van der Waals surface area contributed by atoms with Gasteiger partial charge in [0.15, 0.2) is 5.69 Å². The summed E-state index contributed by atoms with van der Waals surface area (Å²) >= 11 is 0. The average Bonchev–Trinajstić information content (AvgIpc) is 2.37. The molecule has 98 valence electrons. The Labute approximate surface area is 111 Å². The molecular weight excluding hydrogens is 242 g/mol. The molecule has 0 fully saturated rings. The quantitative estimate of drug-likeness (QED) is 0.916. The van der Waals surface area contributed by atoms with Gasteiger partial charge in [-0.25, -0.2) is 0 Å². The maximum Gasteiger partial charge on any atom is 0.276 e. The number of amides is 1. The van der Waals surface area contributed by atoms with Gasteiger partial charge in [0.05, 0.1) is 7.11 Å². The minimum absolute atomic E-state index is 0.250. The lowest BCUT2D eigenvalue weighted by atomic mass is 10.1. The van der Waals surface area contributed by atoms with Gasteiger partial charge in [0.2, 0.25) is 5.88 Å². The number of nitrogens with zero attached hydrogens (tertiary/aromatic N) is 2. The van der Waals surface area contributed by atoms with Crippen LogP contribution in [0.25, 0.3) is 0 Å². The van der Waals surface area contributed by atoms with Crippen molar-refractivity contribution in [2.24, 2.45) is 0 Å². The normalized spacial score (nSPS) is 10.1. The number of aromatic nitrogens is 2. The summed E-state index contributed by atoms with van der Waals surface area (Å²) in [7, 11) is 1.50. The molecule has 1 heterocycles. The number of aryl methyl sites for hydroxylation is 2. The predicted octanol–water partition coefficient (Wildman–Crippen LogP) is 2.35. The fourth-order valence-corrected chi connectivity index (χ4v) is 1.79. The molecule has 5 heteroatoms. The summed E-state index contributed by atoms with van der Waals surface area (Å²) in [5.41, 5.74) is 3.19. The van der Waals surface area contributed by atoms with Crippen molar-refractivity contribution in [2.45, 2.75) is 13.8 Å². The second kappa shape index (κ2) is 5.48. The Bertz CT molecular complexity index is 574. The van der Waals surface area contributed by atoms with E-state index in [1.807, 2.05) is 32.0 Å². The first-order valence-electron chi connectivity index (χ1n) is 5.86. The van der Waals surface area contributed by atoms with Crippen molar-refractivity contribution in [3.63, 3.8) is 0 Å². The molecule has 1 N–H and O–H groups in total. The number of ether oxygens (including phenoxy) is 1. The van der Waals surface area contributed by atoms with Gasteiger partial charge in [-0.3, -0.25) is 4.79 Å². The minimum Gasteiger partial charge on any atom is -0.480 e. The van der Waals surface area contributed by atoms with E-state index in [1.165, 1.54) is 7.11 Å². The molecule has 0 bridgehead atoms. The number of carbonyl (C=O) groups excluding carboxylic acids is 1. The van der Waals surface area contributed by atoms with Crippen molar-refractivity contribution in [1.29, 1.82) is 0 Å². The topological polar surface area (TPSA) is 64.1 Å². The Morgan fingerprint density at radius 1 is 1.11 bits per heavy atom. The molecule has 0 saturated carbocycles. The second-order valence-electron chi connectivity index (χ2n) is 4.29. The monoisotopic (exact) mass is 257 g/mol. The van der Waals surface area contributed by atoms with E-state index in [1.54, 1.807) is 12.1 Å². The van der Waals surface area contributed by atoms with E-state index in [2.05, 4.69) is 15.5 Å². The number of rotatable bonds is 3. The van der Waals surface area contributed by atoms with E-state index in [0.717, 1.165) is 16.8 Å². The minimum atomic E-state index is -0.292. The summed E-state index contributed by atoms with van der Waals surface area (Å²) in [6.07, 6.45) is 0. The van der Waals surface area contributed by atoms with Crippen LogP contribution in [0.5, 0.6) is 5.88 Å². The zero-order valence-corrected chi connectivity index (χ0v) is 11.1. The van der Waals surface area contributed by atoms with Crippen LogP contribution in [0.15, 0.2) is 30.3 Å². The molecule has 0 aliphatic heterocycles. The zero-order chi connectivity index (χ0) is 13.8. The number of hydrogen-bond acceptors (Lipinski definition) is 4. The van der Waals surface area contributed by atoms with E-state index >= 15 is 0 Å². The number of nitrogens with one attached hydrogen (secondary N) is 1. The van der Waals surface area contributed by atoms with Crippen LogP contribution < -0.4 is 10.1 Å². The summed E-state index contributed by atoms with van der Waals surface area (Å²) in [4.78, 5) is 12.0. The lowest BCUT2D eigenvalue weighted by Crippen LogP contribution is -2.14. The molecule has 1 aromatic carbocycles. The van der Waals surface area contributed by atoms with E-state index in [0.29, 0.717) is 5.88 Å². The smallest absolute Gasteiger partial charge is 0.276 e. The Balaban J connectivity index is 2.15. The van der Waals surface area contributed by atoms with Crippen LogP contribution in [0, 0.1) is 13.8 Å². The summed E-state index contributed by atoms with van der Waals surface area (Å²) in [6.45, 7) is 3.96. The highest BCUT2D eigenvalue weighted by atomic mass is 16.5. The fourth-order valence-electron chi connectivity index (χ4n) is 1.79. The van der Waals surface area contributed by atoms with E-state index in [9.17, 15) is 4.79 Å². The lowest BCUT2D eigenvalue weighted by Gasteiger charge is -2.07. The van der Waals surface area contributed by atoms with Crippen LogP contribution in [0.4, 0.5) is 5.69 Å². The van der Waals surface area contributed by atoms with Crippen molar-refractivity contribution in [3.8, 4) is 5.88 Å². The average molecular weight is 257 g/mol. The number of anilines is 1. The summed E-state index contributed by atoms with van der Waals surface area (Å²) in [6, 6.07) is 9.03. The van der Waals surface area contributed by atoms with Gasteiger partial charge in [0, 0.05) is 11.8 Å². The van der Waals surface area contributed by atoms with Gasteiger partial charge in [0.1, 0.15) is 0 Å².